The summed E-state index contributed by atoms with van der Waals surface area (Å²) in [5.74, 6) is -1.84. The van der Waals surface area contributed by atoms with E-state index < -0.39 is 46.8 Å². The maximum absolute atomic E-state index is 15.3. The van der Waals surface area contributed by atoms with Gasteiger partial charge in [-0.15, -0.1) is 0 Å². The van der Waals surface area contributed by atoms with Crippen LogP contribution in [-0.2, 0) is 20.6 Å². The summed E-state index contributed by atoms with van der Waals surface area (Å²) in [6.07, 6.45) is 1.82. The highest BCUT2D eigenvalue weighted by atomic mass is 32.2. The molecule has 1 saturated heterocycles. The van der Waals surface area contributed by atoms with E-state index in [-0.39, 0.29) is 22.6 Å². The van der Waals surface area contributed by atoms with Crippen LogP contribution in [0.2, 0.25) is 0 Å². The molecule has 3 atom stereocenters. The van der Waals surface area contributed by atoms with Gasteiger partial charge in [-0.3, -0.25) is 10.1 Å². The fourth-order valence-corrected chi connectivity index (χ4v) is 5.95. The predicted octanol–water partition coefficient (Wildman–Crippen LogP) is 5.68. The highest BCUT2D eigenvalue weighted by Gasteiger charge is 2.37. The van der Waals surface area contributed by atoms with Crippen molar-refractivity contribution in [3.63, 3.8) is 0 Å². The van der Waals surface area contributed by atoms with Gasteiger partial charge in [-0.2, -0.15) is 0 Å². The number of aromatic nitrogens is 1. The lowest BCUT2D eigenvalue weighted by Gasteiger charge is -2.31. The molecule has 3 aromatic carbocycles. The molecule has 0 saturated carbocycles. The first kappa shape index (κ1) is 29.9. The van der Waals surface area contributed by atoms with E-state index in [1.807, 2.05) is 0 Å². The third kappa shape index (κ3) is 6.13. The average Bonchev–Trinajstić information content (AvgIpc) is 3.47. The second-order valence-electron chi connectivity index (χ2n) is 10.1. The number of nitrogens with one attached hydrogen (secondary N) is 2. The van der Waals surface area contributed by atoms with Crippen molar-refractivity contribution >= 4 is 51.0 Å². The summed E-state index contributed by atoms with van der Waals surface area (Å²) in [6.45, 7) is 1.75. The molecule has 1 aromatic heterocycles. The van der Waals surface area contributed by atoms with E-state index in [0.29, 0.717) is 41.0 Å². The first-order chi connectivity index (χ1) is 20.6. The number of hydrogen-bond acceptors (Lipinski definition) is 7. The van der Waals surface area contributed by atoms with E-state index in [4.69, 9.17) is 5.73 Å². The van der Waals surface area contributed by atoms with Crippen molar-refractivity contribution in [3.8, 4) is 0 Å². The largest absolute Gasteiger partial charge is 0.453 e. The molecular formula is C30H29F2N5O5S. The Kier molecular flexibility index (Phi) is 8.55. The number of ether oxygens (including phenoxy) is 1. The molecule has 0 radical (unpaired) electrons. The zero-order valence-corrected chi connectivity index (χ0v) is 24.1. The van der Waals surface area contributed by atoms with Gasteiger partial charge in [0.25, 0.3) is 0 Å². The van der Waals surface area contributed by atoms with Gasteiger partial charge < -0.3 is 25.2 Å². The van der Waals surface area contributed by atoms with Crippen LogP contribution in [0.25, 0.3) is 10.8 Å². The maximum Gasteiger partial charge on any atom is 0.411 e. The number of nitrogens with zero attached hydrogens (tertiary/aromatic N) is 2. The molecule has 2 heterocycles. The molecule has 5 N–H and O–H groups in total. The molecule has 1 unspecified atom stereocenters. The number of likely N-dealkylation sites (tertiary alicyclic amines) is 1. The number of carbonyl (C=O) groups is 2. The number of anilines is 3. The Morgan fingerprint density at radius 3 is 2.63 bits per heavy atom. The molecule has 0 spiro atoms. The van der Waals surface area contributed by atoms with Crippen molar-refractivity contribution in [1.82, 2.24) is 9.88 Å². The van der Waals surface area contributed by atoms with E-state index in [2.05, 4.69) is 20.4 Å². The molecule has 5 rings (SSSR count). The van der Waals surface area contributed by atoms with Gasteiger partial charge in [0.15, 0.2) is 11.1 Å². The zero-order valence-electron chi connectivity index (χ0n) is 23.3. The summed E-state index contributed by atoms with van der Waals surface area (Å²) in [5, 5.41) is 7.09. The number of amides is 2. The van der Waals surface area contributed by atoms with Crippen LogP contribution in [0.5, 0.6) is 0 Å². The Morgan fingerprint density at radius 2 is 1.88 bits per heavy atom. The third-order valence-corrected chi connectivity index (χ3v) is 8.21. The minimum Gasteiger partial charge on any atom is -0.453 e. The van der Waals surface area contributed by atoms with E-state index in [1.165, 1.54) is 43.2 Å². The van der Waals surface area contributed by atoms with Gasteiger partial charge in [-0.1, -0.05) is 0 Å². The number of hydrogen-bond donors (Lipinski definition) is 4. The molecule has 0 aliphatic carbocycles. The fraction of sp³-hybridized carbons (Fsp3) is 0.233. The van der Waals surface area contributed by atoms with Crippen LogP contribution < -0.4 is 16.4 Å². The second-order valence-corrected chi connectivity index (χ2v) is 11.1. The number of methoxy groups -OCH3 is 1. The Balaban J connectivity index is 1.57. The van der Waals surface area contributed by atoms with Gasteiger partial charge >= 0.3 is 6.09 Å². The number of benzene rings is 3. The second kappa shape index (κ2) is 12.3. The molecule has 1 fully saturated rings. The zero-order chi connectivity index (χ0) is 30.8. The van der Waals surface area contributed by atoms with Crippen LogP contribution in [0, 0.1) is 18.6 Å². The SMILES string of the molecule is COC(=O)Nc1ccc(S(=O)O)c([C@H]2CCCN2C(=O)[C@H](Nc2ccc3c(N)nccc3c2)c2cc(C)c(F)cc2F)c1. The number of rotatable bonds is 7. The highest BCUT2D eigenvalue weighted by Crippen LogP contribution is 2.39. The molecule has 1 aliphatic heterocycles. The summed E-state index contributed by atoms with van der Waals surface area (Å²) in [4.78, 5) is 31.8. The first-order valence-electron chi connectivity index (χ1n) is 13.3. The van der Waals surface area contributed by atoms with Crippen molar-refractivity contribution in [1.29, 1.82) is 0 Å². The average molecular weight is 610 g/mol. The summed E-state index contributed by atoms with van der Waals surface area (Å²) >= 11 is -2.41. The monoisotopic (exact) mass is 609 g/mol. The number of aryl methyl sites for hydroxylation is 1. The van der Waals surface area contributed by atoms with E-state index >= 15 is 4.39 Å². The minimum atomic E-state index is -2.41. The first-order valence-corrected chi connectivity index (χ1v) is 14.4. The maximum atomic E-state index is 15.3. The van der Waals surface area contributed by atoms with Crippen molar-refractivity contribution in [2.75, 3.05) is 30.0 Å². The Morgan fingerprint density at radius 1 is 1.12 bits per heavy atom. The van der Waals surface area contributed by atoms with Crippen molar-refractivity contribution in [2.24, 2.45) is 0 Å². The number of fused-ring (bicyclic) bond motifs is 1. The van der Waals surface area contributed by atoms with Crippen molar-refractivity contribution in [2.45, 2.75) is 36.7 Å². The topological polar surface area (TPSA) is 147 Å². The van der Waals surface area contributed by atoms with E-state index in [9.17, 15) is 22.7 Å². The van der Waals surface area contributed by atoms with Gasteiger partial charge in [0.2, 0.25) is 5.91 Å². The number of carbonyl (C=O) groups excluding carboxylic acids is 2. The lowest BCUT2D eigenvalue weighted by Crippen LogP contribution is -2.38. The van der Waals surface area contributed by atoms with Crippen molar-refractivity contribution in [3.05, 3.63) is 89.1 Å². The smallest absolute Gasteiger partial charge is 0.411 e. The summed E-state index contributed by atoms with van der Waals surface area (Å²) in [6, 6.07) is 11.4. The molecule has 10 nitrogen and oxygen atoms in total. The third-order valence-electron chi connectivity index (χ3n) is 7.47. The minimum absolute atomic E-state index is 0.0593. The quantitative estimate of drug-likeness (QED) is 0.196. The van der Waals surface area contributed by atoms with Crippen LogP contribution >= 0.6 is 0 Å². The molecule has 2 amide bonds. The Bertz CT molecular complexity index is 1750. The normalized spacial score (nSPS) is 16.1. The summed E-state index contributed by atoms with van der Waals surface area (Å²) < 4.78 is 56.5. The molecule has 43 heavy (non-hydrogen) atoms. The van der Waals surface area contributed by atoms with Crippen LogP contribution in [0.3, 0.4) is 0 Å². The van der Waals surface area contributed by atoms with Gasteiger partial charge in [-0.05, 0) is 84.8 Å². The molecule has 0 bridgehead atoms. The van der Waals surface area contributed by atoms with Gasteiger partial charge in [0.05, 0.1) is 18.0 Å². The molecule has 13 heteroatoms. The van der Waals surface area contributed by atoms with Gasteiger partial charge in [0, 0.05) is 41.1 Å². The molecule has 224 valence electrons. The Labute approximate surface area is 248 Å². The standard InChI is InChI=1S/C30H29F2N5O5S/c1-16-12-21(24(32)15-23(16)31)27(35-18-5-7-20-17(13-18)9-10-34-28(20)33)29(38)37-11-3-4-25(37)22-14-19(36-30(39)42-2)6-8-26(22)43(40)41/h5-10,12-15,25,27,35H,3-4,11H2,1-2H3,(H2,33,34)(H,36,39)(H,40,41)/t25-,27-/m1/s1. The van der Waals surface area contributed by atoms with Crippen LogP contribution in [-0.4, -0.2) is 44.3 Å². The van der Waals surface area contributed by atoms with Crippen LogP contribution in [0.1, 0.15) is 41.6 Å². The van der Waals surface area contributed by atoms with Gasteiger partial charge in [-0.25, -0.2) is 22.8 Å². The lowest BCUT2D eigenvalue weighted by molar-refractivity contribution is -0.133. The summed E-state index contributed by atoms with van der Waals surface area (Å²) in [5.41, 5.74) is 7.21. The van der Waals surface area contributed by atoms with Crippen LogP contribution in [0.4, 0.5) is 30.8 Å². The predicted molar refractivity (Wildman–Crippen MR) is 159 cm³/mol. The van der Waals surface area contributed by atoms with Gasteiger partial charge in [0.1, 0.15) is 23.5 Å². The number of nitrogens with two attached hydrogens (primary N) is 1. The highest BCUT2D eigenvalue weighted by molar-refractivity contribution is 7.79. The number of halogens is 2. The molecule has 1 aliphatic rings. The van der Waals surface area contributed by atoms with E-state index in [0.717, 1.165) is 11.5 Å². The molecule has 4 aromatic rings. The lowest BCUT2D eigenvalue weighted by atomic mass is 9.99. The number of nitrogen functional groups attached to an aromatic ring is 1. The van der Waals surface area contributed by atoms with Crippen molar-refractivity contribution < 1.29 is 31.9 Å². The fourth-order valence-electron chi connectivity index (χ4n) is 5.37. The Hall–Kier alpha value is -4.62. The number of pyridine rings is 1. The summed E-state index contributed by atoms with van der Waals surface area (Å²) in [7, 11) is 1.20. The van der Waals surface area contributed by atoms with Crippen LogP contribution in [0.15, 0.2) is 65.7 Å². The van der Waals surface area contributed by atoms with E-state index in [1.54, 1.807) is 30.5 Å². The molecular weight excluding hydrogens is 580 g/mol.